The molecule has 2 atom stereocenters. The molecule has 130 valence electrons. The second-order valence-electron chi connectivity index (χ2n) is 5.89. The standard InChI is InChI=1S/C16H19N7O2/c1-2-23-6-5-19-15(23)12-10(4-3-7-24-12)16-21-14(22-25-16)11-8-18-9-20-13(11)17/h5-6,8-10,12H,2-4,7H2,1H3,(H2,17,18,20)/t10-,12-/m1/s1. The number of hydrogen-bond acceptors (Lipinski definition) is 8. The van der Waals surface area contributed by atoms with Gasteiger partial charge in [0.2, 0.25) is 11.7 Å². The van der Waals surface area contributed by atoms with Crippen molar-refractivity contribution >= 4 is 5.82 Å². The van der Waals surface area contributed by atoms with E-state index in [9.17, 15) is 0 Å². The molecule has 0 aromatic carbocycles. The van der Waals surface area contributed by atoms with Gasteiger partial charge in [-0.1, -0.05) is 5.16 Å². The summed E-state index contributed by atoms with van der Waals surface area (Å²) in [7, 11) is 0. The molecule has 9 heteroatoms. The Morgan fingerprint density at radius 1 is 1.36 bits per heavy atom. The van der Waals surface area contributed by atoms with Crippen LogP contribution in [0.15, 0.2) is 29.4 Å². The first-order chi connectivity index (χ1) is 12.3. The lowest BCUT2D eigenvalue weighted by Gasteiger charge is -2.29. The van der Waals surface area contributed by atoms with Crippen LogP contribution in [0.2, 0.25) is 0 Å². The molecule has 0 aliphatic carbocycles. The molecule has 0 saturated carbocycles. The fourth-order valence-corrected chi connectivity index (χ4v) is 3.14. The van der Waals surface area contributed by atoms with Crippen molar-refractivity contribution < 1.29 is 9.26 Å². The van der Waals surface area contributed by atoms with Gasteiger partial charge in [0.05, 0.1) is 11.5 Å². The van der Waals surface area contributed by atoms with Gasteiger partial charge in [0.1, 0.15) is 24.1 Å². The van der Waals surface area contributed by atoms with Gasteiger partial charge >= 0.3 is 0 Å². The quantitative estimate of drug-likeness (QED) is 0.765. The Labute approximate surface area is 144 Å². The summed E-state index contributed by atoms with van der Waals surface area (Å²) in [6, 6.07) is 0. The molecule has 0 bridgehead atoms. The van der Waals surface area contributed by atoms with Crippen LogP contribution in [0.5, 0.6) is 0 Å². The van der Waals surface area contributed by atoms with Gasteiger partial charge < -0.3 is 19.6 Å². The van der Waals surface area contributed by atoms with E-state index in [0.29, 0.717) is 29.7 Å². The predicted molar refractivity (Wildman–Crippen MR) is 88.3 cm³/mol. The van der Waals surface area contributed by atoms with Crippen LogP contribution in [0.25, 0.3) is 11.4 Å². The normalized spacial score (nSPS) is 20.7. The molecule has 0 unspecified atom stereocenters. The second kappa shape index (κ2) is 6.60. The first-order valence-electron chi connectivity index (χ1n) is 8.30. The van der Waals surface area contributed by atoms with Crippen LogP contribution in [-0.4, -0.2) is 36.3 Å². The van der Waals surface area contributed by atoms with Gasteiger partial charge in [0, 0.05) is 31.7 Å². The van der Waals surface area contributed by atoms with E-state index in [0.717, 1.165) is 25.2 Å². The van der Waals surface area contributed by atoms with Crippen molar-refractivity contribution in [2.24, 2.45) is 0 Å². The summed E-state index contributed by atoms with van der Waals surface area (Å²) in [5.74, 6) is 2.06. The largest absolute Gasteiger partial charge is 0.383 e. The average Bonchev–Trinajstić information content (AvgIpc) is 3.31. The topological polar surface area (TPSA) is 118 Å². The highest BCUT2D eigenvalue weighted by atomic mass is 16.5. The number of hydrogen-bond donors (Lipinski definition) is 1. The van der Waals surface area contributed by atoms with Crippen LogP contribution in [0, 0.1) is 0 Å². The first kappa shape index (κ1) is 15.7. The van der Waals surface area contributed by atoms with Crippen molar-refractivity contribution in [2.75, 3.05) is 12.3 Å². The number of imidazole rings is 1. The van der Waals surface area contributed by atoms with Crippen LogP contribution in [-0.2, 0) is 11.3 Å². The molecule has 0 amide bonds. The Bertz CT molecular complexity index is 860. The summed E-state index contributed by atoms with van der Waals surface area (Å²) in [5.41, 5.74) is 6.43. The van der Waals surface area contributed by atoms with Gasteiger partial charge in [-0.25, -0.2) is 15.0 Å². The maximum Gasteiger partial charge on any atom is 0.233 e. The highest BCUT2D eigenvalue weighted by Gasteiger charge is 2.35. The summed E-state index contributed by atoms with van der Waals surface area (Å²) in [6.45, 7) is 3.60. The zero-order valence-corrected chi connectivity index (χ0v) is 13.9. The molecular weight excluding hydrogens is 322 g/mol. The van der Waals surface area contributed by atoms with Gasteiger partial charge in [-0.3, -0.25) is 0 Å². The van der Waals surface area contributed by atoms with Crippen LogP contribution in [0.3, 0.4) is 0 Å². The SMILES string of the molecule is CCn1ccnc1[C@@H]1OCCC[C@H]1c1nc(-c2cncnc2N)no1. The molecule has 4 heterocycles. The van der Waals surface area contributed by atoms with Crippen LogP contribution in [0.1, 0.15) is 43.5 Å². The highest BCUT2D eigenvalue weighted by Crippen LogP contribution is 2.40. The molecule has 0 spiro atoms. The minimum atomic E-state index is -0.207. The molecular formula is C16H19N7O2. The lowest BCUT2D eigenvalue weighted by molar-refractivity contribution is -0.0173. The third kappa shape index (κ3) is 2.86. The van der Waals surface area contributed by atoms with E-state index < -0.39 is 0 Å². The number of nitrogens with zero attached hydrogens (tertiary/aromatic N) is 6. The van der Waals surface area contributed by atoms with E-state index in [1.807, 2.05) is 6.20 Å². The molecule has 2 N–H and O–H groups in total. The smallest absolute Gasteiger partial charge is 0.233 e. The molecule has 4 rings (SSSR count). The zero-order chi connectivity index (χ0) is 17.2. The summed E-state index contributed by atoms with van der Waals surface area (Å²) >= 11 is 0. The Morgan fingerprint density at radius 3 is 3.12 bits per heavy atom. The van der Waals surface area contributed by atoms with E-state index in [2.05, 4.69) is 36.6 Å². The van der Waals surface area contributed by atoms with E-state index in [4.69, 9.17) is 15.0 Å². The fourth-order valence-electron chi connectivity index (χ4n) is 3.14. The number of aromatic nitrogens is 6. The zero-order valence-electron chi connectivity index (χ0n) is 13.9. The van der Waals surface area contributed by atoms with Gasteiger partial charge in [-0.05, 0) is 19.8 Å². The van der Waals surface area contributed by atoms with Crippen molar-refractivity contribution in [3.63, 3.8) is 0 Å². The molecule has 1 aliphatic rings. The van der Waals surface area contributed by atoms with Gasteiger partial charge in [0.15, 0.2) is 0 Å². The Morgan fingerprint density at radius 2 is 2.28 bits per heavy atom. The summed E-state index contributed by atoms with van der Waals surface area (Å²) in [6.07, 6.45) is 8.32. The van der Waals surface area contributed by atoms with Crippen molar-refractivity contribution in [3.8, 4) is 11.4 Å². The van der Waals surface area contributed by atoms with Crippen molar-refractivity contribution in [2.45, 2.75) is 38.3 Å². The number of aryl methyl sites for hydroxylation is 1. The summed E-state index contributed by atoms with van der Waals surface area (Å²) in [5, 5.41) is 4.05. The van der Waals surface area contributed by atoms with Gasteiger partial charge in [0.25, 0.3) is 0 Å². The molecule has 1 fully saturated rings. The number of nitrogens with two attached hydrogens (primary N) is 1. The van der Waals surface area contributed by atoms with E-state index >= 15 is 0 Å². The minimum Gasteiger partial charge on any atom is -0.383 e. The third-order valence-electron chi connectivity index (χ3n) is 4.41. The average molecular weight is 341 g/mol. The molecule has 0 radical (unpaired) electrons. The highest BCUT2D eigenvalue weighted by molar-refractivity contribution is 5.66. The van der Waals surface area contributed by atoms with E-state index in [1.54, 1.807) is 12.4 Å². The summed E-state index contributed by atoms with van der Waals surface area (Å²) in [4.78, 5) is 16.9. The predicted octanol–water partition coefficient (Wildman–Crippen LogP) is 1.96. The van der Waals surface area contributed by atoms with Crippen LogP contribution in [0.4, 0.5) is 5.82 Å². The molecule has 3 aromatic rings. The Hall–Kier alpha value is -2.81. The molecule has 25 heavy (non-hydrogen) atoms. The van der Waals surface area contributed by atoms with Crippen molar-refractivity contribution in [3.05, 3.63) is 36.6 Å². The number of anilines is 1. The number of nitrogen functional groups attached to an aromatic ring is 1. The fraction of sp³-hybridized carbons (Fsp3) is 0.438. The maximum absolute atomic E-state index is 6.01. The lowest BCUT2D eigenvalue weighted by atomic mass is 9.93. The van der Waals surface area contributed by atoms with Gasteiger partial charge in [-0.2, -0.15) is 4.98 Å². The van der Waals surface area contributed by atoms with Crippen molar-refractivity contribution in [1.29, 1.82) is 0 Å². The first-order valence-corrected chi connectivity index (χ1v) is 8.30. The number of rotatable bonds is 4. The number of ether oxygens (including phenoxy) is 1. The monoisotopic (exact) mass is 341 g/mol. The lowest BCUT2D eigenvalue weighted by Crippen LogP contribution is -2.24. The molecule has 3 aromatic heterocycles. The van der Waals surface area contributed by atoms with Crippen LogP contribution < -0.4 is 5.73 Å². The van der Waals surface area contributed by atoms with Crippen molar-refractivity contribution in [1.82, 2.24) is 29.7 Å². The maximum atomic E-state index is 6.01. The Balaban J connectivity index is 1.67. The van der Waals surface area contributed by atoms with Crippen LogP contribution >= 0.6 is 0 Å². The van der Waals surface area contributed by atoms with E-state index in [-0.39, 0.29) is 12.0 Å². The molecule has 9 nitrogen and oxygen atoms in total. The van der Waals surface area contributed by atoms with Gasteiger partial charge in [-0.15, -0.1) is 0 Å². The summed E-state index contributed by atoms with van der Waals surface area (Å²) < 4.78 is 13.6. The Kier molecular flexibility index (Phi) is 4.14. The minimum absolute atomic E-state index is 0.0476. The molecule has 1 aliphatic heterocycles. The molecule has 1 saturated heterocycles. The third-order valence-corrected chi connectivity index (χ3v) is 4.41. The second-order valence-corrected chi connectivity index (χ2v) is 5.89. The van der Waals surface area contributed by atoms with E-state index in [1.165, 1.54) is 6.33 Å².